The van der Waals surface area contributed by atoms with Gasteiger partial charge < -0.3 is 9.80 Å². The highest BCUT2D eigenvalue weighted by atomic mass is 16.2. The van der Waals surface area contributed by atoms with E-state index < -0.39 is 0 Å². The Kier molecular flexibility index (Phi) is 4.32. The molecule has 4 heteroatoms. The average molecular weight is 279 g/mol. The monoisotopic (exact) mass is 279 g/mol. The molecule has 1 saturated carbocycles. The van der Waals surface area contributed by atoms with Crippen LogP contribution in [0, 0.1) is 11.8 Å². The van der Waals surface area contributed by atoms with E-state index in [2.05, 4.69) is 28.7 Å². The van der Waals surface area contributed by atoms with E-state index in [9.17, 15) is 4.79 Å². The van der Waals surface area contributed by atoms with E-state index in [-0.39, 0.29) is 0 Å². The fourth-order valence-corrected chi connectivity index (χ4v) is 4.03. The van der Waals surface area contributed by atoms with Gasteiger partial charge in [0, 0.05) is 38.1 Å². The minimum absolute atomic E-state index is 0.347. The standard InChI is InChI=1S/C16H29N3O/c1-13-11-14(12-13)16(20)19-9-7-18(8-10-19)15-3-5-17(2)6-4-15/h13-15H,3-12H2,1-2H3/t13-,14-. The third kappa shape index (κ3) is 3.01. The van der Waals surface area contributed by atoms with Gasteiger partial charge in [0.2, 0.25) is 5.91 Å². The molecule has 1 aliphatic carbocycles. The van der Waals surface area contributed by atoms with E-state index in [1.165, 1.54) is 25.9 Å². The van der Waals surface area contributed by atoms with Crippen molar-refractivity contribution in [3.63, 3.8) is 0 Å². The van der Waals surface area contributed by atoms with Crippen LogP contribution in [0.15, 0.2) is 0 Å². The summed E-state index contributed by atoms with van der Waals surface area (Å²) in [5, 5.41) is 0. The Morgan fingerprint density at radius 3 is 2.10 bits per heavy atom. The second-order valence-electron chi connectivity index (χ2n) is 7.17. The molecule has 2 saturated heterocycles. The average Bonchev–Trinajstić information content (AvgIpc) is 2.44. The van der Waals surface area contributed by atoms with E-state index in [1.807, 2.05) is 0 Å². The van der Waals surface area contributed by atoms with Gasteiger partial charge >= 0.3 is 0 Å². The number of piperidine rings is 1. The van der Waals surface area contributed by atoms with Crippen LogP contribution in [0.1, 0.15) is 32.6 Å². The van der Waals surface area contributed by atoms with Gasteiger partial charge in [-0.05, 0) is 51.7 Å². The molecule has 0 spiro atoms. The van der Waals surface area contributed by atoms with E-state index in [1.54, 1.807) is 0 Å². The number of carbonyl (C=O) groups is 1. The Balaban J connectivity index is 1.44. The SMILES string of the molecule is CN1CCC(N2CCN(C(=O)[C@H]3C[C@H](C)C3)CC2)CC1. The highest BCUT2D eigenvalue weighted by Crippen LogP contribution is 2.34. The first-order chi connectivity index (χ1) is 9.63. The van der Waals surface area contributed by atoms with Gasteiger partial charge in [-0.3, -0.25) is 9.69 Å². The summed E-state index contributed by atoms with van der Waals surface area (Å²) in [7, 11) is 2.21. The minimum atomic E-state index is 0.347. The highest BCUT2D eigenvalue weighted by Gasteiger charge is 2.36. The number of amides is 1. The molecule has 20 heavy (non-hydrogen) atoms. The summed E-state index contributed by atoms with van der Waals surface area (Å²) >= 11 is 0. The van der Waals surface area contributed by atoms with Gasteiger partial charge in [-0.25, -0.2) is 0 Å². The maximum absolute atomic E-state index is 12.4. The molecule has 0 unspecified atom stereocenters. The number of hydrogen-bond acceptors (Lipinski definition) is 3. The van der Waals surface area contributed by atoms with Crippen LogP contribution in [0.25, 0.3) is 0 Å². The van der Waals surface area contributed by atoms with Crippen LogP contribution >= 0.6 is 0 Å². The van der Waals surface area contributed by atoms with Crippen molar-refractivity contribution >= 4 is 5.91 Å². The van der Waals surface area contributed by atoms with E-state index in [0.29, 0.717) is 11.8 Å². The van der Waals surface area contributed by atoms with Gasteiger partial charge in [-0.1, -0.05) is 6.92 Å². The van der Waals surface area contributed by atoms with E-state index >= 15 is 0 Å². The quantitative estimate of drug-likeness (QED) is 0.762. The van der Waals surface area contributed by atoms with Crippen LogP contribution in [0.5, 0.6) is 0 Å². The number of piperazine rings is 1. The number of carbonyl (C=O) groups excluding carboxylic acids is 1. The van der Waals surface area contributed by atoms with Gasteiger partial charge in [0.25, 0.3) is 0 Å². The third-order valence-electron chi connectivity index (χ3n) is 5.55. The van der Waals surface area contributed by atoms with Crippen molar-refractivity contribution in [3.8, 4) is 0 Å². The summed E-state index contributed by atoms with van der Waals surface area (Å²) in [6.45, 7) is 8.78. The van der Waals surface area contributed by atoms with Gasteiger partial charge in [0.15, 0.2) is 0 Å². The zero-order valence-electron chi connectivity index (χ0n) is 13.1. The smallest absolute Gasteiger partial charge is 0.225 e. The Bertz CT molecular complexity index is 338. The van der Waals surface area contributed by atoms with Crippen molar-refractivity contribution in [2.45, 2.75) is 38.6 Å². The lowest BCUT2D eigenvalue weighted by atomic mass is 9.75. The molecule has 3 aliphatic rings. The predicted octanol–water partition coefficient (Wildman–Crippen LogP) is 1.27. The van der Waals surface area contributed by atoms with Gasteiger partial charge in [-0.15, -0.1) is 0 Å². The lowest BCUT2D eigenvalue weighted by molar-refractivity contribution is -0.142. The summed E-state index contributed by atoms with van der Waals surface area (Å²) in [5.74, 6) is 1.55. The Morgan fingerprint density at radius 2 is 1.55 bits per heavy atom. The van der Waals surface area contributed by atoms with Crippen LogP contribution < -0.4 is 0 Å². The number of nitrogens with zero attached hydrogens (tertiary/aromatic N) is 3. The molecule has 2 heterocycles. The molecular weight excluding hydrogens is 250 g/mol. The molecule has 4 nitrogen and oxygen atoms in total. The molecule has 0 aromatic carbocycles. The molecule has 114 valence electrons. The Hall–Kier alpha value is -0.610. The van der Waals surface area contributed by atoms with Crippen molar-refractivity contribution in [2.24, 2.45) is 11.8 Å². The molecule has 3 fully saturated rings. The topological polar surface area (TPSA) is 26.8 Å². The maximum atomic E-state index is 12.4. The molecule has 3 rings (SSSR count). The van der Waals surface area contributed by atoms with E-state index in [4.69, 9.17) is 0 Å². The van der Waals surface area contributed by atoms with Crippen molar-refractivity contribution in [1.29, 1.82) is 0 Å². The molecule has 0 radical (unpaired) electrons. The molecule has 0 N–H and O–H groups in total. The van der Waals surface area contributed by atoms with Crippen LogP contribution in [-0.4, -0.2) is 73.0 Å². The van der Waals surface area contributed by atoms with Crippen LogP contribution in [-0.2, 0) is 4.79 Å². The zero-order valence-corrected chi connectivity index (χ0v) is 13.1. The van der Waals surface area contributed by atoms with Crippen molar-refractivity contribution < 1.29 is 4.79 Å². The Morgan fingerprint density at radius 1 is 0.950 bits per heavy atom. The summed E-state index contributed by atoms with van der Waals surface area (Å²) in [6, 6.07) is 0.757. The summed E-state index contributed by atoms with van der Waals surface area (Å²) in [6.07, 6.45) is 4.83. The second kappa shape index (κ2) is 6.02. The molecule has 0 aromatic rings. The van der Waals surface area contributed by atoms with Crippen LogP contribution in [0.4, 0.5) is 0 Å². The number of likely N-dealkylation sites (tertiary alicyclic amines) is 1. The lowest BCUT2D eigenvalue weighted by Gasteiger charge is -2.44. The van der Waals surface area contributed by atoms with Crippen molar-refractivity contribution in [2.75, 3.05) is 46.3 Å². The highest BCUT2D eigenvalue weighted by molar-refractivity contribution is 5.79. The predicted molar refractivity (Wildman–Crippen MR) is 80.6 cm³/mol. The van der Waals surface area contributed by atoms with E-state index in [0.717, 1.165) is 51.0 Å². The van der Waals surface area contributed by atoms with Gasteiger partial charge in [-0.2, -0.15) is 0 Å². The first-order valence-electron chi connectivity index (χ1n) is 8.35. The first kappa shape index (κ1) is 14.3. The summed E-state index contributed by atoms with van der Waals surface area (Å²) in [4.78, 5) is 19.5. The van der Waals surface area contributed by atoms with Crippen molar-refractivity contribution in [3.05, 3.63) is 0 Å². The number of rotatable bonds is 2. The zero-order chi connectivity index (χ0) is 14.1. The fourth-order valence-electron chi connectivity index (χ4n) is 4.03. The molecule has 0 atom stereocenters. The lowest BCUT2D eigenvalue weighted by Crippen LogP contribution is -2.55. The Labute approximate surface area is 123 Å². The van der Waals surface area contributed by atoms with Crippen molar-refractivity contribution in [1.82, 2.24) is 14.7 Å². The molecule has 0 bridgehead atoms. The second-order valence-corrected chi connectivity index (χ2v) is 7.17. The largest absolute Gasteiger partial charge is 0.340 e. The third-order valence-corrected chi connectivity index (χ3v) is 5.55. The molecule has 2 aliphatic heterocycles. The normalized spacial score (nSPS) is 34.0. The minimum Gasteiger partial charge on any atom is -0.340 e. The van der Waals surface area contributed by atoms with Gasteiger partial charge in [0.05, 0.1) is 0 Å². The first-order valence-corrected chi connectivity index (χ1v) is 8.35. The summed E-state index contributed by atoms with van der Waals surface area (Å²) in [5.41, 5.74) is 0. The fraction of sp³-hybridized carbons (Fsp3) is 0.938. The molecule has 1 amide bonds. The maximum Gasteiger partial charge on any atom is 0.225 e. The van der Waals surface area contributed by atoms with Crippen LogP contribution in [0.3, 0.4) is 0 Å². The molecular formula is C16H29N3O. The van der Waals surface area contributed by atoms with Crippen LogP contribution in [0.2, 0.25) is 0 Å². The van der Waals surface area contributed by atoms with Gasteiger partial charge in [0.1, 0.15) is 0 Å². The molecule has 0 aromatic heterocycles. The summed E-state index contributed by atoms with van der Waals surface area (Å²) < 4.78 is 0. The number of hydrogen-bond donors (Lipinski definition) is 0.